The normalized spacial score (nSPS) is 10.9. The zero-order valence-corrected chi connectivity index (χ0v) is 15.6. The van der Waals surface area contributed by atoms with Crippen molar-refractivity contribution in [2.75, 3.05) is 7.11 Å². The molecule has 2 aromatic heterocycles. The van der Waals surface area contributed by atoms with Gasteiger partial charge in [-0.15, -0.1) is 0 Å². The molecular formula is C22H19N3O3. The van der Waals surface area contributed by atoms with Crippen LogP contribution in [-0.4, -0.2) is 28.8 Å². The first-order valence-electron chi connectivity index (χ1n) is 8.90. The second-order valence-electron chi connectivity index (χ2n) is 6.54. The number of pyridine rings is 1. The first-order valence-corrected chi connectivity index (χ1v) is 8.90. The predicted molar refractivity (Wildman–Crippen MR) is 108 cm³/mol. The maximum absolute atomic E-state index is 12.7. The zero-order valence-electron chi connectivity index (χ0n) is 15.6. The molecule has 0 saturated heterocycles. The van der Waals surface area contributed by atoms with Gasteiger partial charge in [-0.2, -0.15) is 0 Å². The lowest BCUT2D eigenvalue weighted by molar-refractivity contribution is 0.0946. The molecular weight excluding hydrogens is 354 g/mol. The molecule has 0 saturated carbocycles. The van der Waals surface area contributed by atoms with Gasteiger partial charge in [0.1, 0.15) is 17.1 Å². The maximum atomic E-state index is 12.7. The standard InChI is InChI=1S/C22H19N3O3/c1-13(26)20-21-17(16-5-3-4-6-18(16)24-21)11-19(25-20)22(27)23-12-14-7-9-15(28-2)10-8-14/h3-11,24H,12H2,1-2H3,(H,23,27). The van der Waals surface area contributed by atoms with Crippen molar-refractivity contribution in [3.05, 3.63) is 71.5 Å². The Hall–Kier alpha value is -3.67. The fourth-order valence-electron chi connectivity index (χ4n) is 3.23. The number of nitrogens with zero attached hydrogens (tertiary/aromatic N) is 1. The Labute approximate surface area is 161 Å². The van der Waals surface area contributed by atoms with Crippen molar-refractivity contribution in [2.45, 2.75) is 13.5 Å². The number of carbonyl (C=O) groups excluding carboxylic acids is 2. The minimum atomic E-state index is -0.328. The fourth-order valence-corrected chi connectivity index (χ4v) is 3.23. The largest absolute Gasteiger partial charge is 0.497 e. The number of benzene rings is 2. The molecule has 0 bridgehead atoms. The number of aromatic nitrogens is 2. The second kappa shape index (κ2) is 7.15. The molecule has 0 atom stereocenters. The summed E-state index contributed by atoms with van der Waals surface area (Å²) in [6, 6.07) is 16.9. The Morgan fingerprint density at radius 2 is 1.82 bits per heavy atom. The molecule has 0 aliphatic carbocycles. The van der Waals surface area contributed by atoms with Crippen molar-refractivity contribution in [1.82, 2.24) is 15.3 Å². The minimum absolute atomic E-state index is 0.193. The number of methoxy groups -OCH3 is 1. The van der Waals surface area contributed by atoms with E-state index in [1.807, 2.05) is 48.5 Å². The smallest absolute Gasteiger partial charge is 0.270 e. The number of H-pyrrole nitrogens is 1. The van der Waals surface area contributed by atoms with E-state index in [1.165, 1.54) is 6.92 Å². The van der Waals surface area contributed by atoms with Crippen LogP contribution in [0.5, 0.6) is 5.75 Å². The summed E-state index contributed by atoms with van der Waals surface area (Å²) in [6.45, 7) is 1.80. The average molecular weight is 373 g/mol. The molecule has 4 aromatic rings. The summed E-state index contributed by atoms with van der Waals surface area (Å²) in [4.78, 5) is 32.4. The third-order valence-electron chi connectivity index (χ3n) is 4.67. The second-order valence-corrected chi connectivity index (χ2v) is 6.54. The molecule has 0 aliphatic heterocycles. The molecule has 140 valence electrons. The zero-order chi connectivity index (χ0) is 19.7. The SMILES string of the molecule is COc1ccc(CNC(=O)c2cc3c([nH]c4ccccc43)c(C(C)=O)n2)cc1. The van der Waals surface area contributed by atoms with E-state index in [4.69, 9.17) is 4.74 Å². The summed E-state index contributed by atoms with van der Waals surface area (Å²) in [5.41, 5.74) is 2.98. The molecule has 0 spiro atoms. The lowest BCUT2D eigenvalue weighted by Crippen LogP contribution is -2.24. The molecule has 4 rings (SSSR count). The highest BCUT2D eigenvalue weighted by atomic mass is 16.5. The van der Waals surface area contributed by atoms with Gasteiger partial charge in [0.15, 0.2) is 5.78 Å². The van der Waals surface area contributed by atoms with Crippen LogP contribution in [0.15, 0.2) is 54.6 Å². The quantitative estimate of drug-likeness (QED) is 0.520. The minimum Gasteiger partial charge on any atom is -0.497 e. The van der Waals surface area contributed by atoms with Crippen LogP contribution in [0.1, 0.15) is 33.5 Å². The molecule has 28 heavy (non-hydrogen) atoms. The molecule has 0 fully saturated rings. The molecule has 1 amide bonds. The summed E-state index contributed by atoms with van der Waals surface area (Å²) in [6.07, 6.45) is 0. The van der Waals surface area contributed by atoms with E-state index < -0.39 is 0 Å². The van der Waals surface area contributed by atoms with E-state index in [0.717, 1.165) is 27.6 Å². The Morgan fingerprint density at radius 3 is 2.54 bits per heavy atom. The Bertz CT molecular complexity index is 1190. The highest BCUT2D eigenvalue weighted by Gasteiger charge is 2.18. The molecule has 0 unspecified atom stereocenters. The highest BCUT2D eigenvalue weighted by molar-refractivity contribution is 6.15. The van der Waals surface area contributed by atoms with Gasteiger partial charge in [0.05, 0.1) is 12.6 Å². The number of ketones is 1. The molecule has 0 radical (unpaired) electrons. The monoisotopic (exact) mass is 373 g/mol. The van der Waals surface area contributed by atoms with Crippen molar-refractivity contribution in [3.63, 3.8) is 0 Å². The first-order chi connectivity index (χ1) is 13.6. The average Bonchev–Trinajstić information content (AvgIpc) is 3.10. The van der Waals surface area contributed by atoms with E-state index in [2.05, 4.69) is 15.3 Å². The number of para-hydroxylation sites is 1. The lowest BCUT2D eigenvalue weighted by atomic mass is 10.1. The van der Waals surface area contributed by atoms with Gasteiger partial charge in [-0.25, -0.2) is 4.98 Å². The van der Waals surface area contributed by atoms with E-state index in [9.17, 15) is 9.59 Å². The predicted octanol–water partition coefficient (Wildman–Crippen LogP) is 3.86. The topological polar surface area (TPSA) is 84.1 Å². The van der Waals surface area contributed by atoms with Crippen LogP contribution in [0.2, 0.25) is 0 Å². The summed E-state index contributed by atoms with van der Waals surface area (Å²) in [5.74, 6) is 0.236. The van der Waals surface area contributed by atoms with Crippen LogP contribution in [0.25, 0.3) is 21.8 Å². The number of ether oxygens (including phenoxy) is 1. The fraction of sp³-hybridized carbons (Fsp3) is 0.136. The summed E-state index contributed by atoms with van der Waals surface area (Å²) in [5, 5.41) is 4.62. The van der Waals surface area contributed by atoms with Crippen LogP contribution in [0.3, 0.4) is 0 Å². The summed E-state index contributed by atoms with van der Waals surface area (Å²) >= 11 is 0. The number of Topliss-reactive ketones (excluding diaryl/α,β-unsaturated/α-hetero) is 1. The van der Waals surface area contributed by atoms with E-state index in [1.54, 1.807) is 13.2 Å². The van der Waals surface area contributed by atoms with Gasteiger partial charge in [0.25, 0.3) is 5.91 Å². The maximum Gasteiger partial charge on any atom is 0.270 e. The van der Waals surface area contributed by atoms with Crippen molar-refractivity contribution < 1.29 is 14.3 Å². The van der Waals surface area contributed by atoms with Gasteiger partial charge >= 0.3 is 0 Å². The van der Waals surface area contributed by atoms with Gasteiger partial charge in [-0.1, -0.05) is 30.3 Å². The van der Waals surface area contributed by atoms with Gasteiger partial charge in [0.2, 0.25) is 0 Å². The molecule has 2 heterocycles. The van der Waals surface area contributed by atoms with Gasteiger partial charge in [-0.05, 0) is 29.8 Å². The summed E-state index contributed by atoms with van der Waals surface area (Å²) in [7, 11) is 1.61. The van der Waals surface area contributed by atoms with Crippen molar-refractivity contribution in [3.8, 4) is 5.75 Å². The number of carbonyl (C=O) groups is 2. The Morgan fingerprint density at radius 1 is 1.07 bits per heavy atom. The van der Waals surface area contributed by atoms with E-state index in [-0.39, 0.29) is 23.1 Å². The molecule has 6 heteroatoms. The van der Waals surface area contributed by atoms with Crippen LogP contribution in [-0.2, 0) is 6.54 Å². The summed E-state index contributed by atoms with van der Waals surface area (Å²) < 4.78 is 5.14. The molecule has 6 nitrogen and oxygen atoms in total. The van der Waals surface area contributed by atoms with Crippen molar-refractivity contribution in [2.24, 2.45) is 0 Å². The molecule has 2 aromatic carbocycles. The van der Waals surface area contributed by atoms with Gasteiger partial charge in [-0.3, -0.25) is 9.59 Å². The third kappa shape index (κ3) is 3.20. The number of nitrogens with one attached hydrogen (secondary N) is 2. The van der Waals surface area contributed by atoms with Gasteiger partial charge < -0.3 is 15.0 Å². The van der Waals surface area contributed by atoms with Crippen LogP contribution in [0, 0.1) is 0 Å². The molecule has 2 N–H and O–H groups in total. The number of hydrogen-bond acceptors (Lipinski definition) is 4. The van der Waals surface area contributed by atoms with Crippen LogP contribution < -0.4 is 10.1 Å². The van der Waals surface area contributed by atoms with Crippen LogP contribution in [0.4, 0.5) is 0 Å². The first kappa shape index (κ1) is 17.7. The number of aromatic amines is 1. The number of amides is 1. The Kier molecular flexibility index (Phi) is 4.53. The highest BCUT2D eigenvalue weighted by Crippen LogP contribution is 2.28. The van der Waals surface area contributed by atoms with Crippen molar-refractivity contribution in [1.29, 1.82) is 0 Å². The third-order valence-corrected chi connectivity index (χ3v) is 4.67. The van der Waals surface area contributed by atoms with Crippen molar-refractivity contribution >= 4 is 33.5 Å². The number of hydrogen-bond donors (Lipinski definition) is 2. The number of fused-ring (bicyclic) bond motifs is 3. The lowest BCUT2D eigenvalue weighted by Gasteiger charge is -2.08. The Balaban J connectivity index is 1.67. The van der Waals surface area contributed by atoms with E-state index >= 15 is 0 Å². The van der Waals surface area contributed by atoms with E-state index in [0.29, 0.717) is 12.1 Å². The van der Waals surface area contributed by atoms with Crippen LogP contribution >= 0.6 is 0 Å². The number of rotatable bonds is 5. The molecule has 0 aliphatic rings. The van der Waals surface area contributed by atoms with Gasteiger partial charge in [0, 0.05) is 29.8 Å².